The number of aliphatic hydroxyl groups excluding tert-OH is 1. The van der Waals surface area contributed by atoms with Gasteiger partial charge in [0.1, 0.15) is 5.75 Å². The third-order valence-electron chi connectivity index (χ3n) is 4.78. The van der Waals surface area contributed by atoms with Crippen molar-refractivity contribution in [3.05, 3.63) is 18.2 Å². The molecule has 0 spiro atoms. The van der Waals surface area contributed by atoms with E-state index < -0.39 is 18.3 Å². The molecule has 0 bridgehead atoms. The van der Waals surface area contributed by atoms with Crippen molar-refractivity contribution in [1.29, 1.82) is 0 Å². The summed E-state index contributed by atoms with van der Waals surface area (Å²) in [4.78, 5) is 13.4. The van der Waals surface area contributed by atoms with E-state index in [0.29, 0.717) is 11.4 Å². The van der Waals surface area contributed by atoms with Crippen LogP contribution < -0.4 is 15.1 Å². The molecule has 2 heterocycles. The number of carbonyl (C=O) groups excluding carboxylic acids is 1. The quantitative estimate of drug-likeness (QED) is 0.831. The zero-order chi connectivity index (χ0) is 16.8. The van der Waals surface area contributed by atoms with Crippen LogP contribution in [0.1, 0.15) is 27.7 Å². The molecule has 1 N–H and O–H groups in total. The van der Waals surface area contributed by atoms with Crippen molar-refractivity contribution in [3.8, 4) is 5.75 Å². The van der Waals surface area contributed by atoms with Crippen LogP contribution in [0.2, 0.25) is 0 Å². The Morgan fingerprint density at radius 2 is 1.87 bits per heavy atom. The van der Waals surface area contributed by atoms with Crippen LogP contribution in [-0.4, -0.2) is 49.1 Å². The van der Waals surface area contributed by atoms with E-state index in [1.807, 2.05) is 45.9 Å². The Balaban J connectivity index is 1.89. The van der Waals surface area contributed by atoms with Gasteiger partial charge < -0.3 is 24.1 Å². The highest BCUT2D eigenvalue weighted by atomic mass is 16.7. The minimum Gasteiger partial charge on any atom is -0.482 e. The lowest BCUT2D eigenvalue weighted by Crippen LogP contribution is -2.41. The maximum absolute atomic E-state index is 11.9. The van der Waals surface area contributed by atoms with Gasteiger partial charge in [-0.25, -0.2) is 0 Å². The van der Waals surface area contributed by atoms with Crippen molar-refractivity contribution in [3.63, 3.8) is 0 Å². The molecule has 3 rings (SSSR count). The summed E-state index contributed by atoms with van der Waals surface area (Å²) in [6.45, 7) is 8.15. The SMILES string of the molecule is CC1(C)OB(c2ccc3c(c2)OCC(=O)N3CCO)OC1(C)C. The maximum Gasteiger partial charge on any atom is 0.494 e. The summed E-state index contributed by atoms with van der Waals surface area (Å²) in [7, 11) is -0.474. The Morgan fingerprint density at radius 3 is 2.48 bits per heavy atom. The molecule has 2 aliphatic rings. The predicted octanol–water partition coefficient (Wildman–Crippen LogP) is 0.703. The second-order valence-electron chi connectivity index (χ2n) is 6.87. The lowest BCUT2D eigenvalue weighted by atomic mass is 9.79. The number of benzene rings is 1. The van der Waals surface area contributed by atoms with Gasteiger partial charge in [0.2, 0.25) is 0 Å². The number of rotatable bonds is 3. The van der Waals surface area contributed by atoms with E-state index in [-0.39, 0.29) is 25.7 Å². The normalized spacial score (nSPS) is 22.0. The molecular formula is C16H22BNO5. The van der Waals surface area contributed by atoms with E-state index in [4.69, 9.17) is 19.2 Å². The minimum atomic E-state index is -0.474. The van der Waals surface area contributed by atoms with Gasteiger partial charge in [-0.05, 0) is 45.3 Å². The van der Waals surface area contributed by atoms with E-state index >= 15 is 0 Å². The molecule has 6 nitrogen and oxygen atoms in total. The van der Waals surface area contributed by atoms with Gasteiger partial charge in [0.15, 0.2) is 6.61 Å². The predicted molar refractivity (Wildman–Crippen MR) is 87.1 cm³/mol. The van der Waals surface area contributed by atoms with Crippen LogP contribution in [0.25, 0.3) is 0 Å². The zero-order valence-corrected chi connectivity index (χ0v) is 14.0. The zero-order valence-electron chi connectivity index (χ0n) is 14.0. The molecule has 1 aromatic rings. The molecule has 124 valence electrons. The van der Waals surface area contributed by atoms with Crippen molar-refractivity contribution in [1.82, 2.24) is 0 Å². The lowest BCUT2D eigenvalue weighted by molar-refractivity contribution is -0.121. The van der Waals surface area contributed by atoms with Crippen LogP contribution in [0.5, 0.6) is 5.75 Å². The van der Waals surface area contributed by atoms with E-state index in [2.05, 4.69) is 0 Å². The molecular weight excluding hydrogens is 297 g/mol. The summed E-state index contributed by atoms with van der Waals surface area (Å²) >= 11 is 0. The molecule has 0 aromatic heterocycles. The first kappa shape index (κ1) is 16.3. The number of anilines is 1. The van der Waals surface area contributed by atoms with Gasteiger partial charge >= 0.3 is 7.12 Å². The van der Waals surface area contributed by atoms with Crippen LogP contribution in [0.4, 0.5) is 5.69 Å². The Morgan fingerprint density at radius 1 is 1.22 bits per heavy atom. The standard InChI is InChI=1S/C16H22BNO5/c1-15(2)16(3,4)23-17(22-15)11-5-6-12-13(9-11)21-10-14(20)18(12)7-8-19/h5-6,9,19H,7-8,10H2,1-4H3. The highest BCUT2D eigenvalue weighted by Gasteiger charge is 2.51. The topological polar surface area (TPSA) is 68.2 Å². The summed E-state index contributed by atoms with van der Waals surface area (Å²) in [5.74, 6) is 0.445. The Labute approximate surface area is 136 Å². The van der Waals surface area contributed by atoms with Crippen LogP contribution in [0.15, 0.2) is 18.2 Å². The summed E-state index contributed by atoms with van der Waals surface area (Å²) in [6, 6.07) is 5.52. The summed E-state index contributed by atoms with van der Waals surface area (Å²) < 4.78 is 17.6. The second-order valence-corrected chi connectivity index (χ2v) is 6.87. The van der Waals surface area contributed by atoms with Crippen molar-refractivity contribution in [2.75, 3.05) is 24.7 Å². The molecule has 2 aliphatic heterocycles. The maximum atomic E-state index is 11.9. The fourth-order valence-electron chi connectivity index (χ4n) is 2.69. The van der Waals surface area contributed by atoms with E-state index in [0.717, 1.165) is 5.46 Å². The van der Waals surface area contributed by atoms with Gasteiger partial charge in [-0.3, -0.25) is 4.79 Å². The fourth-order valence-corrected chi connectivity index (χ4v) is 2.69. The molecule has 23 heavy (non-hydrogen) atoms. The average molecular weight is 319 g/mol. The summed E-state index contributed by atoms with van der Waals surface area (Å²) in [5.41, 5.74) is 0.692. The van der Waals surface area contributed by atoms with Crippen molar-refractivity contribution >= 4 is 24.2 Å². The first-order valence-corrected chi connectivity index (χ1v) is 7.79. The average Bonchev–Trinajstić information content (AvgIpc) is 2.70. The smallest absolute Gasteiger partial charge is 0.482 e. The van der Waals surface area contributed by atoms with E-state index in [9.17, 15) is 4.79 Å². The molecule has 0 radical (unpaired) electrons. The van der Waals surface area contributed by atoms with Gasteiger partial charge in [0.25, 0.3) is 5.91 Å². The number of nitrogens with zero attached hydrogens (tertiary/aromatic N) is 1. The van der Waals surface area contributed by atoms with E-state index in [1.165, 1.54) is 4.90 Å². The molecule has 0 aliphatic carbocycles. The number of carbonyl (C=O) groups is 1. The first-order chi connectivity index (χ1) is 10.7. The Hall–Kier alpha value is -1.57. The van der Waals surface area contributed by atoms with Gasteiger partial charge in [-0.1, -0.05) is 6.07 Å². The number of fused-ring (bicyclic) bond motifs is 1. The van der Waals surface area contributed by atoms with E-state index in [1.54, 1.807) is 0 Å². The molecule has 0 unspecified atom stereocenters. The Bertz CT molecular complexity index is 615. The largest absolute Gasteiger partial charge is 0.494 e. The van der Waals surface area contributed by atoms with Crippen molar-refractivity contribution in [2.24, 2.45) is 0 Å². The number of amides is 1. The monoisotopic (exact) mass is 319 g/mol. The van der Waals surface area contributed by atoms with Crippen molar-refractivity contribution < 1.29 is 23.9 Å². The summed E-state index contributed by atoms with van der Waals surface area (Å²) in [5, 5.41) is 9.13. The van der Waals surface area contributed by atoms with Gasteiger partial charge in [0, 0.05) is 6.54 Å². The van der Waals surface area contributed by atoms with Crippen LogP contribution >= 0.6 is 0 Å². The lowest BCUT2D eigenvalue weighted by Gasteiger charge is -2.32. The molecule has 0 atom stereocenters. The third kappa shape index (κ3) is 2.73. The molecule has 1 saturated heterocycles. The number of hydrogen-bond donors (Lipinski definition) is 1. The molecule has 1 aromatic carbocycles. The third-order valence-corrected chi connectivity index (χ3v) is 4.78. The Kier molecular flexibility index (Phi) is 3.90. The van der Waals surface area contributed by atoms with Crippen LogP contribution in [0.3, 0.4) is 0 Å². The van der Waals surface area contributed by atoms with Crippen molar-refractivity contribution in [2.45, 2.75) is 38.9 Å². The van der Waals surface area contributed by atoms with Gasteiger partial charge in [-0.2, -0.15) is 0 Å². The van der Waals surface area contributed by atoms with Crippen LogP contribution in [-0.2, 0) is 14.1 Å². The first-order valence-electron chi connectivity index (χ1n) is 7.79. The van der Waals surface area contributed by atoms with Gasteiger partial charge in [0.05, 0.1) is 23.5 Å². The molecule has 0 saturated carbocycles. The molecule has 1 fully saturated rings. The molecule has 7 heteroatoms. The highest BCUT2D eigenvalue weighted by Crippen LogP contribution is 2.37. The minimum absolute atomic E-state index is 0.0280. The van der Waals surface area contributed by atoms with Gasteiger partial charge in [-0.15, -0.1) is 0 Å². The highest BCUT2D eigenvalue weighted by molar-refractivity contribution is 6.62. The fraction of sp³-hybridized carbons (Fsp3) is 0.562. The number of β-amino-alcohol motifs (C(OH)–C–C–N with tert-alkyl or cyclic N) is 1. The van der Waals surface area contributed by atoms with Crippen LogP contribution in [0, 0.1) is 0 Å². The number of ether oxygens (including phenoxy) is 1. The number of hydrogen-bond acceptors (Lipinski definition) is 5. The number of aliphatic hydroxyl groups is 1. The second kappa shape index (κ2) is 5.51. The molecule has 1 amide bonds. The summed E-state index contributed by atoms with van der Waals surface area (Å²) in [6.07, 6.45) is 0.